The van der Waals surface area contributed by atoms with Crippen molar-refractivity contribution in [3.8, 4) is 0 Å². The number of rotatable bonds is 2. The lowest BCUT2D eigenvalue weighted by atomic mass is 10.3. The summed E-state index contributed by atoms with van der Waals surface area (Å²) in [5.74, 6) is -0.736. The lowest BCUT2D eigenvalue weighted by molar-refractivity contribution is -0.129. The summed E-state index contributed by atoms with van der Waals surface area (Å²) in [5.41, 5.74) is 0.657. The Balaban J connectivity index is 2.09. The van der Waals surface area contributed by atoms with Gasteiger partial charge in [0.2, 0.25) is 5.91 Å². The average Bonchev–Trinajstić information content (AvgIpc) is 2.81. The van der Waals surface area contributed by atoms with Crippen molar-refractivity contribution in [3.05, 3.63) is 30.1 Å². The summed E-state index contributed by atoms with van der Waals surface area (Å²) in [6.07, 6.45) is 1.66. The van der Waals surface area contributed by atoms with Crippen molar-refractivity contribution < 1.29 is 14.7 Å². The van der Waals surface area contributed by atoms with Crippen molar-refractivity contribution in [2.45, 2.75) is 0 Å². The van der Waals surface area contributed by atoms with Gasteiger partial charge in [-0.3, -0.25) is 9.20 Å². The molecule has 2 aromatic heterocycles. The lowest BCUT2D eigenvalue weighted by Crippen LogP contribution is -2.49. The van der Waals surface area contributed by atoms with Gasteiger partial charge in [0.05, 0.1) is 6.54 Å². The molecule has 7 nitrogen and oxygen atoms in total. The molecule has 1 aliphatic heterocycles. The zero-order chi connectivity index (χ0) is 14.3. The zero-order valence-corrected chi connectivity index (χ0v) is 11.0. The summed E-state index contributed by atoms with van der Waals surface area (Å²) in [6, 6.07) is 5.29. The Morgan fingerprint density at radius 1 is 1.35 bits per heavy atom. The minimum Gasteiger partial charge on any atom is -0.476 e. The first-order valence-corrected chi connectivity index (χ1v) is 6.27. The van der Waals surface area contributed by atoms with E-state index in [-0.39, 0.29) is 18.1 Å². The minimum atomic E-state index is -1.05. The number of likely N-dealkylation sites (N-methyl/N-ethyl adjacent to an activating group) is 1. The van der Waals surface area contributed by atoms with Crippen LogP contribution < -0.4 is 4.90 Å². The van der Waals surface area contributed by atoms with E-state index in [1.54, 1.807) is 41.2 Å². The van der Waals surface area contributed by atoms with Crippen molar-refractivity contribution in [3.63, 3.8) is 0 Å². The molecule has 104 valence electrons. The van der Waals surface area contributed by atoms with E-state index in [0.717, 1.165) is 0 Å². The second-order valence-electron chi connectivity index (χ2n) is 4.75. The fourth-order valence-corrected chi connectivity index (χ4v) is 2.34. The highest BCUT2D eigenvalue weighted by atomic mass is 16.4. The smallest absolute Gasteiger partial charge is 0.356 e. The predicted molar refractivity (Wildman–Crippen MR) is 72.0 cm³/mol. The van der Waals surface area contributed by atoms with Gasteiger partial charge in [-0.05, 0) is 12.1 Å². The molecule has 0 bridgehead atoms. The van der Waals surface area contributed by atoms with Crippen molar-refractivity contribution in [1.29, 1.82) is 0 Å². The number of pyridine rings is 1. The molecular formula is C13H14N4O3. The molecule has 1 saturated heterocycles. The van der Waals surface area contributed by atoms with Crippen LogP contribution in [-0.2, 0) is 4.79 Å². The van der Waals surface area contributed by atoms with Crippen LogP contribution in [0, 0.1) is 0 Å². The number of piperazine rings is 1. The third-order valence-electron chi connectivity index (χ3n) is 3.47. The Labute approximate surface area is 115 Å². The van der Waals surface area contributed by atoms with E-state index >= 15 is 0 Å². The number of aromatic carboxylic acids is 1. The van der Waals surface area contributed by atoms with E-state index in [4.69, 9.17) is 0 Å². The summed E-state index contributed by atoms with van der Waals surface area (Å²) in [5, 5.41) is 9.42. The molecule has 1 amide bonds. The maximum absolute atomic E-state index is 11.8. The molecule has 0 spiro atoms. The fourth-order valence-electron chi connectivity index (χ4n) is 2.34. The number of fused-ring (bicyclic) bond motifs is 1. The second-order valence-corrected chi connectivity index (χ2v) is 4.75. The number of aromatic nitrogens is 2. The molecule has 0 aliphatic carbocycles. The highest BCUT2D eigenvalue weighted by Crippen LogP contribution is 2.23. The molecule has 1 aliphatic rings. The molecule has 20 heavy (non-hydrogen) atoms. The summed E-state index contributed by atoms with van der Waals surface area (Å²) in [6.45, 7) is 1.29. The van der Waals surface area contributed by atoms with Crippen LogP contribution in [0.2, 0.25) is 0 Å². The Bertz CT molecular complexity index is 694. The first-order valence-electron chi connectivity index (χ1n) is 6.27. The minimum absolute atomic E-state index is 0.0374. The van der Waals surface area contributed by atoms with E-state index in [0.29, 0.717) is 24.6 Å². The number of carbonyl (C=O) groups is 2. The first-order chi connectivity index (χ1) is 9.58. The maximum Gasteiger partial charge on any atom is 0.356 e. The van der Waals surface area contributed by atoms with Gasteiger partial charge in [-0.1, -0.05) is 6.07 Å². The molecule has 1 fully saturated rings. The SMILES string of the molecule is CN1CCN(c2nc3ccccn3c2C(=O)O)CC1=O. The Kier molecular flexibility index (Phi) is 2.81. The van der Waals surface area contributed by atoms with Crippen molar-refractivity contribution in [1.82, 2.24) is 14.3 Å². The Morgan fingerprint density at radius 3 is 2.85 bits per heavy atom. The number of carboxylic acids is 1. The fraction of sp³-hybridized carbons (Fsp3) is 0.308. The number of hydrogen-bond donors (Lipinski definition) is 1. The quantitative estimate of drug-likeness (QED) is 0.852. The Hall–Kier alpha value is -2.57. The van der Waals surface area contributed by atoms with E-state index in [2.05, 4.69) is 4.98 Å². The highest BCUT2D eigenvalue weighted by molar-refractivity contribution is 5.94. The monoisotopic (exact) mass is 274 g/mol. The van der Waals surface area contributed by atoms with E-state index in [9.17, 15) is 14.7 Å². The molecule has 0 radical (unpaired) electrons. The zero-order valence-electron chi connectivity index (χ0n) is 11.0. The van der Waals surface area contributed by atoms with Crippen LogP contribution in [0.15, 0.2) is 24.4 Å². The van der Waals surface area contributed by atoms with Crippen LogP contribution >= 0.6 is 0 Å². The van der Waals surface area contributed by atoms with E-state index in [1.807, 2.05) is 0 Å². The lowest BCUT2D eigenvalue weighted by Gasteiger charge is -2.32. The molecule has 1 N–H and O–H groups in total. The Morgan fingerprint density at radius 2 is 2.15 bits per heavy atom. The number of nitrogens with zero attached hydrogens (tertiary/aromatic N) is 4. The van der Waals surface area contributed by atoms with Gasteiger partial charge in [0.1, 0.15) is 5.65 Å². The number of hydrogen-bond acceptors (Lipinski definition) is 4. The maximum atomic E-state index is 11.8. The van der Waals surface area contributed by atoms with Crippen LogP contribution in [0.25, 0.3) is 5.65 Å². The number of amides is 1. The summed E-state index contributed by atoms with van der Waals surface area (Å²) < 4.78 is 1.53. The highest BCUT2D eigenvalue weighted by Gasteiger charge is 2.28. The number of carboxylic acid groups (broad SMARTS) is 1. The predicted octanol–water partition coefficient (Wildman–Crippen LogP) is 0.311. The molecule has 0 atom stereocenters. The standard InChI is InChI=1S/C13H14N4O3/c1-15-6-7-16(8-10(15)18)12-11(13(19)20)17-5-3-2-4-9(17)14-12/h2-5H,6-8H2,1H3,(H,19,20). The van der Waals surface area contributed by atoms with Crippen LogP contribution in [-0.4, -0.2) is 57.9 Å². The molecule has 3 heterocycles. The normalized spacial score (nSPS) is 15.9. The third kappa shape index (κ3) is 1.87. The molecule has 0 aromatic carbocycles. The van der Waals surface area contributed by atoms with Gasteiger partial charge in [0, 0.05) is 26.3 Å². The van der Waals surface area contributed by atoms with Crippen molar-refractivity contribution in [2.24, 2.45) is 0 Å². The average molecular weight is 274 g/mol. The molecule has 3 rings (SSSR count). The van der Waals surface area contributed by atoms with E-state index in [1.165, 1.54) is 4.40 Å². The summed E-state index contributed by atoms with van der Waals surface area (Å²) in [7, 11) is 1.74. The van der Waals surface area contributed by atoms with Gasteiger partial charge < -0.3 is 14.9 Å². The van der Waals surface area contributed by atoms with Gasteiger partial charge in [0.15, 0.2) is 11.5 Å². The molecule has 0 unspecified atom stereocenters. The number of carbonyl (C=O) groups excluding carboxylic acids is 1. The van der Waals surface area contributed by atoms with E-state index < -0.39 is 5.97 Å². The van der Waals surface area contributed by atoms with Crippen LogP contribution in [0.4, 0.5) is 5.82 Å². The van der Waals surface area contributed by atoms with Crippen LogP contribution in [0.3, 0.4) is 0 Å². The molecule has 2 aromatic rings. The van der Waals surface area contributed by atoms with Crippen molar-refractivity contribution in [2.75, 3.05) is 31.6 Å². The van der Waals surface area contributed by atoms with Gasteiger partial charge in [-0.25, -0.2) is 9.78 Å². The number of anilines is 1. The van der Waals surface area contributed by atoms with Gasteiger partial charge in [-0.15, -0.1) is 0 Å². The van der Waals surface area contributed by atoms with Crippen LogP contribution in [0.5, 0.6) is 0 Å². The molecular weight excluding hydrogens is 260 g/mol. The molecule has 0 saturated carbocycles. The molecule has 7 heteroatoms. The number of imidazole rings is 1. The van der Waals surface area contributed by atoms with Gasteiger partial charge >= 0.3 is 5.97 Å². The second kappa shape index (κ2) is 4.52. The van der Waals surface area contributed by atoms with Gasteiger partial charge in [-0.2, -0.15) is 0 Å². The van der Waals surface area contributed by atoms with Gasteiger partial charge in [0.25, 0.3) is 0 Å². The third-order valence-corrected chi connectivity index (χ3v) is 3.47. The largest absolute Gasteiger partial charge is 0.476 e. The summed E-state index contributed by atoms with van der Waals surface area (Å²) >= 11 is 0. The van der Waals surface area contributed by atoms with Crippen molar-refractivity contribution >= 4 is 23.3 Å². The first kappa shape index (κ1) is 12.5. The summed E-state index contributed by atoms with van der Waals surface area (Å²) in [4.78, 5) is 31.0. The topological polar surface area (TPSA) is 78.2 Å². The van der Waals surface area contributed by atoms with Crippen LogP contribution in [0.1, 0.15) is 10.5 Å².